The molecule has 3 aromatic rings. The van der Waals surface area contributed by atoms with Gasteiger partial charge in [0.25, 0.3) is 5.91 Å². The summed E-state index contributed by atoms with van der Waals surface area (Å²) in [5, 5.41) is 4.02. The van der Waals surface area contributed by atoms with Crippen molar-refractivity contribution in [3.63, 3.8) is 0 Å². The first-order chi connectivity index (χ1) is 13.5. The van der Waals surface area contributed by atoms with Crippen molar-refractivity contribution < 1.29 is 14.3 Å². The van der Waals surface area contributed by atoms with Gasteiger partial charge in [0.15, 0.2) is 12.0 Å². The lowest BCUT2D eigenvalue weighted by molar-refractivity contribution is -0.124. The molecule has 1 N–H and O–H groups in total. The van der Waals surface area contributed by atoms with Gasteiger partial charge in [-0.3, -0.25) is 14.4 Å². The molecular weight excluding hydrogens is 374 g/mol. The van der Waals surface area contributed by atoms with Gasteiger partial charge in [0.1, 0.15) is 11.5 Å². The fraction of sp³-hybridized carbons (Fsp3) is 0.318. The molecule has 3 rings (SSSR count). The number of ether oxygens (including phenoxy) is 1. The maximum Gasteiger partial charge on any atom is 0.257 e. The second kappa shape index (κ2) is 8.97. The van der Waals surface area contributed by atoms with Gasteiger partial charge in [0, 0.05) is 39.1 Å². The van der Waals surface area contributed by atoms with Gasteiger partial charge in [0.2, 0.25) is 0 Å². The molecule has 2 aromatic carbocycles. The quantitative estimate of drug-likeness (QED) is 0.462. The summed E-state index contributed by atoms with van der Waals surface area (Å²) in [5.41, 5.74) is -0.0333. The van der Waals surface area contributed by atoms with Gasteiger partial charge in [-0.25, -0.2) is 0 Å². The molecule has 0 aliphatic heterocycles. The number of nitrogens with one attached hydrogen (secondary N) is 1. The highest BCUT2D eigenvalue weighted by Crippen LogP contribution is 2.27. The molecule has 0 aliphatic rings. The van der Waals surface area contributed by atoms with Crippen molar-refractivity contribution in [3.8, 4) is 5.75 Å². The van der Waals surface area contributed by atoms with Crippen LogP contribution in [0.5, 0.6) is 5.75 Å². The van der Waals surface area contributed by atoms with Gasteiger partial charge in [-0.1, -0.05) is 26.0 Å². The summed E-state index contributed by atoms with van der Waals surface area (Å²) in [6.07, 6.45) is 1.08. The van der Waals surface area contributed by atoms with Gasteiger partial charge in [-0.2, -0.15) is 0 Å². The normalized spacial score (nSPS) is 11.1. The molecule has 5 nitrogen and oxygen atoms in total. The van der Waals surface area contributed by atoms with Gasteiger partial charge < -0.3 is 10.1 Å². The lowest BCUT2D eigenvalue weighted by Crippen LogP contribution is -2.30. The maximum absolute atomic E-state index is 12.7. The first-order valence-electron chi connectivity index (χ1n) is 9.33. The van der Waals surface area contributed by atoms with E-state index in [-0.39, 0.29) is 29.6 Å². The first kappa shape index (κ1) is 20.0. The average molecular weight is 397 g/mol. The van der Waals surface area contributed by atoms with Crippen molar-refractivity contribution in [2.45, 2.75) is 26.7 Å². The minimum absolute atomic E-state index is 0.0240. The second-order valence-electron chi connectivity index (χ2n) is 6.95. The maximum atomic E-state index is 12.7. The van der Waals surface area contributed by atoms with Gasteiger partial charge in [0.05, 0.1) is 0 Å². The Morgan fingerprint density at radius 2 is 1.82 bits per heavy atom. The summed E-state index contributed by atoms with van der Waals surface area (Å²) in [5.74, 6) is 0.456. The van der Waals surface area contributed by atoms with Crippen LogP contribution < -0.4 is 15.5 Å². The molecule has 0 saturated heterocycles. The summed E-state index contributed by atoms with van der Waals surface area (Å²) in [7, 11) is 0. The van der Waals surface area contributed by atoms with Crippen LogP contribution in [-0.2, 0) is 9.59 Å². The van der Waals surface area contributed by atoms with E-state index in [1.165, 1.54) is 0 Å². The Morgan fingerprint density at radius 3 is 2.61 bits per heavy atom. The molecule has 0 fully saturated rings. The number of carbonyl (C=O) groups is 2. The van der Waals surface area contributed by atoms with Gasteiger partial charge >= 0.3 is 0 Å². The highest BCUT2D eigenvalue weighted by molar-refractivity contribution is 7.24. The van der Waals surface area contributed by atoms with Crippen LogP contribution in [0.2, 0.25) is 0 Å². The van der Waals surface area contributed by atoms with Crippen molar-refractivity contribution in [1.82, 2.24) is 5.32 Å². The molecule has 0 bridgehead atoms. The fourth-order valence-corrected chi connectivity index (χ4v) is 3.90. The van der Waals surface area contributed by atoms with Crippen LogP contribution in [0.3, 0.4) is 0 Å². The van der Waals surface area contributed by atoms with Crippen LogP contribution in [0, 0.1) is 5.92 Å². The molecule has 1 amide bonds. The van der Waals surface area contributed by atoms with E-state index in [4.69, 9.17) is 4.74 Å². The zero-order chi connectivity index (χ0) is 20.1. The Kier molecular flexibility index (Phi) is 6.41. The molecular formula is C22H23NO4S. The molecule has 0 aliphatic carbocycles. The third-order valence-corrected chi connectivity index (χ3v) is 5.64. The van der Waals surface area contributed by atoms with Crippen LogP contribution in [0.1, 0.15) is 26.7 Å². The van der Waals surface area contributed by atoms with Crippen molar-refractivity contribution >= 4 is 43.2 Å². The largest absolute Gasteiger partial charge is 0.484 e. The van der Waals surface area contributed by atoms with Crippen molar-refractivity contribution in [3.05, 3.63) is 52.7 Å². The Labute approximate surface area is 167 Å². The van der Waals surface area contributed by atoms with E-state index < -0.39 is 0 Å². The highest BCUT2D eigenvalue weighted by atomic mass is 32.1. The molecule has 6 heteroatoms. The molecule has 0 spiro atoms. The fourth-order valence-electron chi connectivity index (χ4n) is 2.85. The molecule has 1 heterocycles. The summed E-state index contributed by atoms with van der Waals surface area (Å²) in [6.45, 7) is 4.05. The molecule has 28 heavy (non-hydrogen) atoms. The van der Waals surface area contributed by atoms with Gasteiger partial charge in [-0.15, -0.1) is 11.3 Å². The van der Waals surface area contributed by atoms with Crippen molar-refractivity contribution in [2.24, 2.45) is 5.92 Å². The van der Waals surface area contributed by atoms with Crippen molar-refractivity contribution in [1.29, 1.82) is 0 Å². The van der Waals surface area contributed by atoms with E-state index in [1.54, 1.807) is 23.5 Å². The Hall–Kier alpha value is -2.73. The predicted molar refractivity (Wildman–Crippen MR) is 113 cm³/mol. The number of benzene rings is 2. The number of fused-ring (bicyclic) bond motifs is 2. The predicted octanol–water partition coefficient (Wildman–Crippen LogP) is 3.92. The summed E-state index contributed by atoms with van der Waals surface area (Å²) in [6, 6.07) is 12.8. The number of ketones is 1. The average Bonchev–Trinajstić information content (AvgIpc) is 2.69. The van der Waals surface area contributed by atoms with E-state index >= 15 is 0 Å². The summed E-state index contributed by atoms with van der Waals surface area (Å²) < 4.78 is 7.38. The number of carbonyl (C=O) groups excluding carboxylic acids is 2. The first-order valence-corrected chi connectivity index (χ1v) is 10.1. The lowest BCUT2D eigenvalue weighted by Gasteiger charge is -2.09. The van der Waals surface area contributed by atoms with E-state index in [0.29, 0.717) is 35.9 Å². The topological polar surface area (TPSA) is 72.5 Å². The molecule has 0 unspecified atom stereocenters. The molecule has 146 valence electrons. The minimum atomic E-state index is -0.249. The zero-order valence-electron chi connectivity index (χ0n) is 16.0. The van der Waals surface area contributed by atoms with Crippen LogP contribution in [0.15, 0.2) is 47.3 Å². The molecule has 0 atom stereocenters. The number of hydrogen-bond acceptors (Lipinski definition) is 5. The van der Waals surface area contributed by atoms with E-state index in [1.807, 2.05) is 44.2 Å². The minimum Gasteiger partial charge on any atom is -0.484 e. The highest BCUT2D eigenvalue weighted by Gasteiger charge is 2.09. The monoisotopic (exact) mass is 397 g/mol. The second-order valence-corrected chi connectivity index (χ2v) is 8.03. The number of amides is 1. The number of hydrogen-bond donors (Lipinski definition) is 1. The molecule has 0 radical (unpaired) electrons. The lowest BCUT2D eigenvalue weighted by atomic mass is 10.1. The summed E-state index contributed by atoms with van der Waals surface area (Å²) in [4.78, 5) is 36.2. The Morgan fingerprint density at radius 1 is 1.07 bits per heavy atom. The van der Waals surface area contributed by atoms with Crippen LogP contribution in [0.25, 0.3) is 20.2 Å². The standard InChI is InChI=1S/C22H23NO4S/c1-14(2)18(24)7-5-11-23-21(25)13-27-15-9-10-20-17(12-15)22(26)16-6-3-4-8-19(16)28-20/h3-4,6,8-10,12,14H,5,7,11,13H2,1-2H3,(H,23,25). The van der Waals surface area contributed by atoms with E-state index in [0.717, 1.165) is 9.40 Å². The van der Waals surface area contributed by atoms with Crippen molar-refractivity contribution in [2.75, 3.05) is 13.2 Å². The smallest absolute Gasteiger partial charge is 0.257 e. The van der Waals surface area contributed by atoms with Crippen LogP contribution >= 0.6 is 11.3 Å². The molecule has 0 saturated carbocycles. The Bertz CT molecular complexity index is 1070. The van der Waals surface area contributed by atoms with Crippen LogP contribution in [0.4, 0.5) is 0 Å². The SMILES string of the molecule is CC(C)C(=O)CCCNC(=O)COc1ccc2sc3ccccc3c(=O)c2c1. The summed E-state index contributed by atoms with van der Waals surface area (Å²) >= 11 is 1.55. The third kappa shape index (κ3) is 4.75. The zero-order valence-corrected chi connectivity index (χ0v) is 16.8. The Balaban J connectivity index is 1.59. The number of rotatable bonds is 8. The van der Waals surface area contributed by atoms with Crippen LogP contribution in [-0.4, -0.2) is 24.8 Å². The third-order valence-electron chi connectivity index (χ3n) is 4.48. The van der Waals surface area contributed by atoms with E-state index in [2.05, 4.69) is 5.32 Å². The van der Waals surface area contributed by atoms with E-state index in [9.17, 15) is 14.4 Å². The number of Topliss-reactive ketones (excluding diaryl/α,β-unsaturated/α-hetero) is 1. The van der Waals surface area contributed by atoms with Gasteiger partial charge in [-0.05, 0) is 36.8 Å². The molecule has 1 aromatic heterocycles.